The smallest absolute Gasteiger partial charge is 0.0595 e. The molecule has 0 bridgehead atoms. The second-order valence-corrected chi connectivity index (χ2v) is 6.09. The summed E-state index contributed by atoms with van der Waals surface area (Å²) in [5.41, 5.74) is 4.05. The van der Waals surface area contributed by atoms with Gasteiger partial charge in [0, 0.05) is 24.4 Å². The molecule has 0 saturated carbocycles. The van der Waals surface area contributed by atoms with Gasteiger partial charge in [0.25, 0.3) is 0 Å². The topological polar surface area (TPSA) is 12.0 Å². The fourth-order valence-corrected chi connectivity index (χ4v) is 3.47. The van der Waals surface area contributed by atoms with Crippen molar-refractivity contribution >= 4 is 35.6 Å². The normalized spacial score (nSPS) is 20.5. The Balaban J connectivity index is 0.00000161. The van der Waals surface area contributed by atoms with Gasteiger partial charge in [-0.25, -0.2) is 0 Å². The lowest BCUT2D eigenvalue weighted by Crippen LogP contribution is -2.24. The minimum Gasteiger partial charge on any atom is -0.313 e. The first-order chi connectivity index (χ1) is 9.70. The molecule has 0 aliphatic heterocycles. The van der Waals surface area contributed by atoms with Crippen molar-refractivity contribution < 1.29 is 0 Å². The minimum atomic E-state index is 0. The Morgan fingerprint density at radius 1 is 0.952 bits per heavy atom. The molecule has 2 atom stereocenters. The van der Waals surface area contributed by atoms with Crippen LogP contribution in [0.15, 0.2) is 42.5 Å². The molecule has 0 amide bonds. The summed E-state index contributed by atoms with van der Waals surface area (Å²) >= 11 is 12.2. The number of fused-ring (bicyclic) bond motifs is 1. The quantitative estimate of drug-likeness (QED) is 0.720. The van der Waals surface area contributed by atoms with E-state index in [1.54, 1.807) is 0 Å². The van der Waals surface area contributed by atoms with Crippen LogP contribution in [0.2, 0.25) is 10.0 Å². The lowest BCUT2D eigenvalue weighted by atomic mass is 9.77. The summed E-state index contributed by atoms with van der Waals surface area (Å²) in [4.78, 5) is 0. The van der Waals surface area contributed by atoms with Crippen molar-refractivity contribution in [3.05, 3.63) is 69.2 Å². The van der Waals surface area contributed by atoms with E-state index in [0.29, 0.717) is 22.0 Å². The molecule has 2 aromatic carbocycles. The van der Waals surface area contributed by atoms with Gasteiger partial charge in [-0.15, -0.1) is 0 Å². The average molecular weight is 342 g/mol. The van der Waals surface area contributed by atoms with Crippen molar-refractivity contribution in [2.24, 2.45) is 0 Å². The highest BCUT2D eigenvalue weighted by molar-refractivity contribution is 6.42. The van der Waals surface area contributed by atoms with Crippen LogP contribution in [-0.2, 0) is 0 Å². The number of hydrogen-bond donors (Lipinski definition) is 1. The maximum absolute atomic E-state index is 6.17. The summed E-state index contributed by atoms with van der Waals surface area (Å²) in [7, 11) is 2.03. The summed E-state index contributed by atoms with van der Waals surface area (Å²) in [6.45, 7) is 0. The monoisotopic (exact) mass is 340 g/mol. The van der Waals surface area contributed by atoms with Crippen LogP contribution in [0, 0.1) is 0 Å². The van der Waals surface area contributed by atoms with Gasteiger partial charge < -0.3 is 5.32 Å². The number of rotatable bonds is 2. The van der Waals surface area contributed by atoms with Crippen molar-refractivity contribution in [2.45, 2.75) is 24.8 Å². The molecule has 4 heteroatoms. The van der Waals surface area contributed by atoms with Crippen LogP contribution in [0.3, 0.4) is 0 Å². The summed E-state index contributed by atoms with van der Waals surface area (Å²) in [6.07, 6.45) is 2.26. The van der Waals surface area contributed by atoms with Gasteiger partial charge in [0.1, 0.15) is 0 Å². The fraction of sp³-hybridized carbons (Fsp3) is 0.294. The van der Waals surface area contributed by atoms with Crippen LogP contribution < -0.4 is 5.32 Å². The number of halogens is 3. The van der Waals surface area contributed by atoms with E-state index in [2.05, 4.69) is 35.6 Å². The Labute approximate surface area is 142 Å². The summed E-state index contributed by atoms with van der Waals surface area (Å²) < 4.78 is 0. The first-order valence-electron chi connectivity index (χ1n) is 6.91. The van der Waals surface area contributed by atoms with E-state index in [-0.39, 0.29) is 12.4 Å². The van der Waals surface area contributed by atoms with Crippen LogP contribution in [0.5, 0.6) is 0 Å². The average Bonchev–Trinajstić information content (AvgIpc) is 2.49. The molecule has 0 fully saturated rings. The van der Waals surface area contributed by atoms with Gasteiger partial charge in [0.2, 0.25) is 0 Å². The Hall–Kier alpha value is -0.730. The van der Waals surface area contributed by atoms with E-state index in [1.807, 2.05) is 19.2 Å². The maximum Gasteiger partial charge on any atom is 0.0595 e. The molecule has 0 heterocycles. The number of hydrogen-bond acceptors (Lipinski definition) is 1. The van der Waals surface area contributed by atoms with Gasteiger partial charge >= 0.3 is 0 Å². The largest absolute Gasteiger partial charge is 0.313 e. The molecule has 1 N–H and O–H groups in total. The Morgan fingerprint density at radius 3 is 2.33 bits per heavy atom. The van der Waals surface area contributed by atoms with Gasteiger partial charge in [-0.2, -0.15) is 0 Å². The summed E-state index contributed by atoms with van der Waals surface area (Å²) in [6, 6.07) is 15.1. The number of benzene rings is 2. The Kier molecular flexibility index (Phi) is 5.56. The van der Waals surface area contributed by atoms with Crippen LogP contribution in [0.4, 0.5) is 0 Å². The zero-order chi connectivity index (χ0) is 14.1. The lowest BCUT2D eigenvalue weighted by molar-refractivity contribution is 0.471. The Bertz CT molecular complexity index is 627. The molecule has 2 aromatic rings. The SMILES string of the molecule is CN[C@H]1CC[C@@H](c2ccc(Cl)c(Cl)c2)c2ccccc21.[Cl]. The zero-order valence-electron chi connectivity index (χ0n) is 11.7. The van der Waals surface area contributed by atoms with E-state index in [9.17, 15) is 0 Å². The molecule has 0 unspecified atom stereocenters. The molecule has 1 aliphatic carbocycles. The minimum absolute atomic E-state index is 0. The van der Waals surface area contributed by atoms with Crippen molar-refractivity contribution in [3.8, 4) is 0 Å². The third kappa shape index (κ3) is 3.22. The maximum atomic E-state index is 6.17. The molecular weight excluding hydrogens is 325 g/mol. The van der Waals surface area contributed by atoms with E-state index in [4.69, 9.17) is 23.2 Å². The van der Waals surface area contributed by atoms with Crippen molar-refractivity contribution in [3.63, 3.8) is 0 Å². The highest BCUT2D eigenvalue weighted by Gasteiger charge is 2.27. The second kappa shape index (κ2) is 7.02. The molecule has 1 nitrogen and oxygen atoms in total. The number of nitrogens with one attached hydrogen (secondary N) is 1. The van der Waals surface area contributed by atoms with Gasteiger partial charge in [0.15, 0.2) is 0 Å². The van der Waals surface area contributed by atoms with Gasteiger partial charge in [0.05, 0.1) is 10.0 Å². The highest BCUT2D eigenvalue weighted by atomic mass is 35.5. The summed E-state index contributed by atoms with van der Waals surface area (Å²) in [5.74, 6) is 0.408. The third-order valence-electron chi connectivity index (χ3n) is 4.19. The first-order valence-corrected chi connectivity index (χ1v) is 7.67. The third-order valence-corrected chi connectivity index (χ3v) is 4.92. The van der Waals surface area contributed by atoms with Gasteiger partial charge in [-0.05, 0) is 48.7 Å². The molecule has 0 spiro atoms. The molecule has 111 valence electrons. The van der Waals surface area contributed by atoms with E-state index in [0.717, 1.165) is 12.8 Å². The molecule has 1 aliphatic rings. The van der Waals surface area contributed by atoms with Crippen LogP contribution >= 0.6 is 35.6 Å². The van der Waals surface area contributed by atoms with Crippen molar-refractivity contribution in [1.29, 1.82) is 0 Å². The first kappa shape index (κ1) is 16.6. The molecular formula is C17H17Cl3N. The van der Waals surface area contributed by atoms with Gasteiger partial charge in [-0.1, -0.05) is 53.5 Å². The predicted octanol–water partition coefficient (Wildman–Crippen LogP) is 5.87. The lowest BCUT2D eigenvalue weighted by Gasteiger charge is -2.32. The Morgan fingerprint density at radius 2 is 1.67 bits per heavy atom. The molecule has 0 aromatic heterocycles. The van der Waals surface area contributed by atoms with E-state index < -0.39 is 0 Å². The molecule has 0 saturated heterocycles. The standard InChI is InChI=1S/C17H17Cl2N.Cl/c1-20-17-9-7-12(13-4-2-3-5-14(13)17)11-6-8-15(18)16(19)10-11;/h2-6,8,10,12,17,20H,7,9H2,1H3;/t12-,17-;/m0./s1. The van der Waals surface area contributed by atoms with Crippen molar-refractivity contribution in [2.75, 3.05) is 7.05 Å². The van der Waals surface area contributed by atoms with Crippen LogP contribution in [-0.4, -0.2) is 7.05 Å². The van der Waals surface area contributed by atoms with Crippen LogP contribution in [0.25, 0.3) is 0 Å². The van der Waals surface area contributed by atoms with E-state index >= 15 is 0 Å². The zero-order valence-corrected chi connectivity index (χ0v) is 14.0. The van der Waals surface area contributed by atoms with E-state index in [1.165, 1.54) is 16.7 Å². The molecule has 21 heavy (non-hydrogen) atoms. The fourth-order valence-electron chi connectivity index (χ4n) is 3.17. The summed E-state index contributed by atoms with van der Waals surface area (Å²) in [5, 5.41) is 4.66. The van der Waals surface area contributed by atoms with Crippen LogP contribution in [0.1, 0.15) is 41.5 Å². The molecule has 1 radical (unpaired) electrons. The van der Waals surface area contributed by atoms with Gasteiger partial charge in [-0.3, -0.25) is 0 Å². The second-order valence-electron chi connectivity index (χ2n) is 5.27. The predicted molar refractivity (Wildman–Crippen MR) is 91.6 cm³/mol. The molecule has 3 rings (SSSR count). The van der Waals surface area contributed by atoms with Crippen molar-refractivity contribution in [1.82, 2.24) is 5.32 Å². The highest BCUT2D eigenvalue weighted by Crippen LogP contribution is 2.42.